The lowest BCUT2D eigenvalue weighted by Crippen LogP contribution is -2.32. The van der Waals surface area contributed by atoms with Gasteiger partial charge in [-0.3, -0.25) is 0 Å². The van der Waals surface area contributed by atoms with E-state index in [1.165, 1.54) is 5.56 Å². The summed E-state index contributed by atoms with van der Waals surface area (Å²) in [6, 6.07) is 17.5. The zero-order chi connectivity index (χ0) is 17.9. The Hall–Kier alpha value is -1.77. The Morgan fingerprint density at radius 1 is 1.12 bits per heavy atom. The molecule has 0 fully saturated rings. The highest BCUT2D eigenvalue weighted by atomic mass is 35.5. The second-order valence-electron chi connectivity index (χ2n) is 5.84. The minimum Gasteiger partial charge on any atom is -0.489 e. The van der Waals surface area contributed by atoms with Crippen LogP contribution in [0.15, 0.2) is 48.5 Å². The van der Waals surface area contributed by atoms with Crippen molar-refractivity contribution in [3.8, 4) is 11.8 Å². The Morgan fingerprint density at radius 2 is 1.88 bits per heavy atom. The van der Waals surface area contributed by atoms with Crippen molar-refractivity contribution in [2.75, 3.05) is 19.7 Å². The lowest BCUT2D eigenvalue weighted by Gasteiger charge is -2.14. The Kier molecular flexibility index (Phi) is 10.8. The van der Waals surface area contributed by atoms with Crippen LogP contribution < -0.4 is 10.1 Å². The van der Waals surface area contributed by atoms with Crippen LogP contribution in [-0.4, -0.2) is 30.9 Å². The van der Waals surface area contributed by atoms with Gasteiger partial charge in [-0.05, 0) is 43.5 Å². The van der Waals surface area contributed by atoms with Gasteiger partial charge in [-0.25, -0.2) is 0 Å². The van der Waals surface area contributed by atoms with E-state index in [4.69, 9.17) is 21.6 Å². The third-order valence-corrected chi connectivity index (χ3v) is 4.13. The van der Waals surface area contributed by atoms with E-state index in [1.54, 1.807) is 18.2 Å². The monoisotopic (exact) mass is 394 g/mol. The Morgan fingerprint density at radius 3 is 2.62 bits per heavy atom. The summed E-state index contributed by atoms with van der Waals surface area (Å²) < 4.78 is 5.51. The molecule has 0 amide bonds. The van der Waals surface area contributed by atoms with Gasteiger partial charge in [-0.2, -0.15) is 5.26 Å². The highest BCUT2D eigenvalue weighted by Crippen LogP contribution is 2.25. The first-order valence-corrected chi connectivity index (χ1v) is 8.82. The summed E-state index contributed by atoms with van der Waals surface area (Å²) in [7, 11) is 0. The van der Waals surface area contributed by atoms with Crippen molar-refractivity contribution in [3.63, 3.8) is 0 Å². The van der Waals surface area contributed by atoms with Crippen LogP contribution in [0.2, 0.25) is 5.02 Å². The normalized spacial score (nSPS) is 11.3. The molecule has 0 saturated heterocycles. The molecular formula is C20H24Cl2N2O2. The Bertz CT molecular complexity index is 690. The lowest BCUT2D eigenvalue weighted by atomic mass is 10.1. The van der Waals surface area contributed by atoms with Crippen LogP contribution in [0.25, 0.3) is 0 Å². The largest absolute Gasteiger partial charge is 0.489 e. The van der Waals surface area contributed by atoms with Crippen molar-refractivity contribution < 1.29 is 9.84 Å². The Labute approximate surface area is 166 Å². The van der Waals surface area contributed by atoms with Gasteiger partial charge in [-0.15, -0.1) is 12.4 Å². The smallest absolute Gasteiger partial charge is 0.138 e. The molecule has 0 aromatic heterocycles. The summed E-state index contributed by atoms with van der Waals surface area (Å²) in [5, 5.41) is 22.6. The molecule has 1 unspecified atom stereocenters. The molecular weight excluding hydrogens is 371 g/mol. The number of nitrogens with one attached hydrogen (secondary N) is 1. The van der Waals surface area contributed by atoms with Crippen LogP contribution >= 0.6 is 24.0 Å². The Balaban J connectivity index is 0.00000338. The highest BCUT2D eigenvalue weighted by molar-refractivity contribution is 6.31. The van der Waals surface area contributed by atoms with E-state index in [0.717, 1.165) is 25.8 Å². The molecule has 0 heterocycles. The average Bonchev–Trinajstić information content (AvgIpc) is 2.63. The average molecular weight is 395 g/mol. The topological polar surface area (TPSA) is 65.3 Å². The number of hydrogen-bond donors (Lipinski definition) is 2. The van der Waals surface area contributed by atoms with Gasteiger partial charge in [0.1, 0.15) is 30.1 Å². The summed E-state index contributed by atoms with van der Waals surface area (Å²) in [5.41, 5.74) is 1.65. The molecule has 26 heavy (non-hydrogen) atoms. The molecule has 0 aliphatic heterocycles. The van der Waals surface area contributed by atoms with Gasteiger partial charge in [-0.1, -0.05) is 48.0 Å². The second kappa shape index (κ2) is 12.6. The number of benzene rings is 2. The zero-order valence-corrected chi connectivity index (χ0v) is 16.1. The maximum atomic E-state index is 9.97. The minimum absolute atomic E-state index is 0. The SMILES string of the molecule is Cl.N#Cc1c(Cl)cccc1OCC(O)CNCCCCc1ccccc1. The molecule has 2 aromatic rings. The van der Waals surface area contributed by atoms with Crippen molar-refractivity contribution in [3.05, 3.63) is 64.7 Å². The lowest BCUT2D eigenvalue weighted by molar-refractivity contribution is 0.106. The van der Waals surface area contributed by atoms with Crippen LogP contribution in [0.4, 0.5) is 0 Å². The quantitative estimate of drug-likeness (QED) is 0.597. The second-order valence-corrected chi connectivity index (χ2v) is 6.24. The number of aryl methyl sites for hydroxylation is 1. The van der Waals surface area contributed by atoms with E-state index in [-0.39, 0.29) is 19.0 Å². The first-order valence-electron chi connectivity index (χ1n) is 8.45. The number of nitriles is 1. The van der Waals surface area contributed by atoms with Crippen molar-refractivity contribution in [1.82, 2.24) is 5.32 Å². The van der Waals surface area contributed by atoms with Gasteiger partial charge < -0.3 is 15.2 Å². The highest BCUT2D eigenvalue weighted by Gasteiger charge is 2.10. The van der Waals surface area contributed by atoms with Gasteiger partial charge in [0.15, 0.2) is 0 Å². The number of halogens is 2. The van der Waals surface area contributed by atoms with Crippen molar-refractivity contribution >= 4 is 24.0 Å². The van der Waals surface area contributed by atoms with E-state index in [0.29, 0.717) is 22.9 Å². The molecule has 0 aliphatic carbocycles. The fraction of sp³-hybridized carbons (Fsp3) is 0.350. The maximum Gasteiger partial charge on any atom is 0.138 e. The number of rotatable bonds is 10. The van der Waals surface area contributed by atoms with Gasteiger partial charge in [0.05, 0.1) is 5.02 Å². The van der Waals surface area contributed by atoms with E-state index in [1.807, 2.05) is 12.1 Å². The number of hydrogen-bond acceptors (Lipinski definition) is 4. The van der Waals surface area contributed by atoms with Crippen LogP contribution in [0.3, 0.4) is 0 Å². The molecule has 140 valence electrons. The summed E-state index contributed by atoms with van der Waals surface area (Å²) in [5.74, 6) is 0.400. The molecule has 0 spiro atoms. The van der Waals surface area contributed by atoms with Gasteiger partial charge >= 0.3 is 0 Å². The molecule has 2 N–H and O–H groups in total. The predicted octanol–water partition coefficient (Wildman–Crippen LogP) is 3.99. The van der Waals surface area contributed by atoms with Crippen LogP contribution in [-0.2, 0) is 6.42 Å². The van der Waals surface area contributed by atoms with Gasteiger partial charge in [0, 0.05) is 6.54 Å². The van der Waals surface area contributed by atoms with Gasteiger partial charge in [0.25, 0.3) is 0 Å². The molecule has 0 bridgehead atoms. The van der Waals surface area contributed by atoms with E-state index in [2.05, 4.69) is 29.6 Å². The van der Waals surface area contributed by atoms with Crippen LogP contribution in [0, 0.1) is 11.3 Å². The predicted molar refractivity (Wildman–Crippen MR) is 107 cm³/mol. The first-order chi connectivity index (χ1) is 12.2. The van der Waals surface area contributed by atoms with Crippen LogP contribution in [0.5, 0.6) is 5.75 Å². The third kappa shape index (κ3) is 7.63. The molecule has 1 atom stereocenters. The number of unbranched alkanes of at least 4 members (excludes halogenated alkanes) is 1. The molecule has 2 rings (SSSR count). The number of ether oxygens (including phenoxy) is 1. The number of aliphatic hydroxyl groups excluding tert-OH is 1. The maximum absolute atomic E-state index is 9.97. The van der Waals surface area contributed by atoms with E-state index < -0.39 is 6.10 Å². The van der Waals surface area contributed by atoms with E-state index >= 15 is 0 Å². The molecule has 0 aliphatic rings. The summed E-state index contributed by atoms with van der Waals surface area (Å²) in [6.07, 6.45) is 2.59. The number of aliphatic hydroxyl groups is 1. The summed E-state index contributed by atoms with van der Waals surface area (Å²) in [6.45, 7) is 1.42. The minimum atomic E-state index is -0.639. The zero-order valence-electron chi connectivity index (χ0n) is 14.5. The molecule has 6 heteroatoms. The third-order valence-electron chi connectivity index (χ3n) is 3.81. The fourth-order valence-corrected chi connectivity index (χ4v) is 2.68. The number of nitrogens with zero attached hydrogens (tertiary/aromatic N) is 1. The molecule has 2 aromatic carbocycles. The standard InChI is InChI=1S/C20H23ClN2O2.ClH/c21-19-10-6-11-20(18(19)13-22)25-15-17(24)14-23-12-5-4-9-16-7-2-1-3-8-16;/h1-3,6-8,10-11,17,23-24H,4-5,9,12,14-15H2;1H. The van der Waals surface area contributed by atoms with Crippen molar-refractivity contribution in [2.24, 2.45) is 0 Å². The van der Waals surface area contributed by atoms with Crippen molar-refractivity contribution in [2.45, 2.75) is 25.4 Å². The first kappa shape index (κ1) is 22.3. The molecule has 0 radical (unpaired) electrons. The summed E-state index contributed by atoms with van der Waals surface area (Å²) in [4.78, 5) is 0. The van der Waals surface area contributed by atoms with Crippen molar-refractivity contribution in [1.29, 1.82) is 5.26 Å². The molecule has 4 nitrogen and oxygen atoms in total. The van der Waals surface area contributed by atoms with E-state index in [9.17, 15) is 5.11 Å². The van der Waals surface area contributed by atoms with Crippen LogP contribution in [0.1, 0.15) is 24.0 Å². The molecule has 0 saturated carbocycles. The van der Waals surface area contributed by atoms with Gasteiger partial charge in [0.2, 0.25) is 0 Å². The summed E-state index contributed by atoms with van der Waals surface area (Å²) >= 11 is 5.94. The fourth-order valence-electron chi connectivity index (χ4n) is 2.47.